The van der Waals surface area contributed by atoms with Crippen LogP contribution in [-0.2, 0) is 0 Å². The number of nitrogens with zero attached hydrogens (tertiary/aromatic N) is 3. The van der Waals surface area contributed by atoms with Crippen molar-refractivity contribution in [2.24, 2.45) is 0 Å². The molecule has 0 aliphatic rings. The highest BCUT2D eigenvalue weighted by molar-refractivity contribution is 9.10. The summed E-state index contributed by atoms with van der Waals surface area (Å²) in [4.78, 5) is 8.50. The Morgan fingerprint density at radius 3 is 2.50 bits per heavy atom. The molecule has 0 aliphatic carbocycles. The lowest BCUT2D eigenvalue weighted by Crippen LogP contribution is -1.98. The second-order valence-corrected chi connectivity index (χ2v) is 5.75. The van der Waals surface area contributed by atoms with Crippen molar-refractivity contribution in [2.45, 2.75) is 0 Å². The van der Waals surface area contributed by atoms with Crippen molar-refractivity contribution >= 4 is 39.1 Å². The Balaban J connectivity index is 2.20. The largest absolute Gasteiger partial charge is 0.281 e. The molecule has 100 valence electrons. The van der Waals surface area contributed by atoms with E-state index in [2.05, 4.69) is 25.9 Å². The minimum Gasteiger partial charge on any atom is -0.281 e. The molecule has 3 nitrogen and oxygen atoms in total. The first-order chi connectivity index (χ1) is 9.66. The number of benzene rings is 1. The van der Waals surface area contributed by atoms with Gasteiger partial charge in [-0.3, -0.25) is 4.57 Å². The van der Waals surface area contributed by atoms with Gasteiger partial charge in [-0.25, -0.2) is 9.97 Å². The number of hydrogen-bond donors (Lipinski definition) is 0. The Bertz CT molecular complexity index is 753. The Hall–Kier alpha value is -1.36. The molecule has 0 amide bonds. The Morgan fingerprint density at radius 1 is 1.00 bits per heavy atom. The molecule has 3 rings (SSSR count). The first-order valence-corrected chi connectivity index (χ1v) is 7.31. The summed E-state index contributed by atoms with van der Waals surface area (Å²) in [6.45, 7) is 0. The van der Waals surface area contributed by atoms with Gasteiger partial charge in [0.15, 0.2) is 5.15 Å². The third-order valence-electron chi connectivity index (χ3n) is 2.81. The van der Waals surface area contributed by atoms with Crippen LogP contribution in [-0.4, -0.2) is 14.5 Å². The van der Waals surface area contributed by atoms with E-state index < -0.39 is 0 Å². The molecule has 20 heavy (non-hydrogen) atoms. The molecule has 0 radical (unpaired) electrons. The van der Waals surface area contributed by atoms with Gasteiger partial charge < -0.3 is 0 Å². The van der Waals surface area contributed by atoms with Crippen LogP contribution in [0.5, 0.6) is 0 Å². The predicted octanol–water partition coefficient (Wildman–Crippen LogP) is 5.00. The molecule has 0 aliphatic heterocycles. The van der Waals surface area contributed by atoms with Crippen LogP contribution in [0.2, 0.25) is 10.2 Å². The fraction of sp³-hybridized carbons (Fsp3) is 0. The van der Waals surface area contributed by atoms with Gasteiger partial charge in [0.1, 0.15) is 12.1 Å². The van der Waals surface area contributed by atoms with Gasteiger partial charge in [0, 0.05) is 16.2 Å². The first-order valence-electron chi connectivity index (χ1n) is 5.76. The average molecular weight is 369 g/mol. The lowest BCUT2D eigenvalue weighted by atomic mass is 10.1. The molecule has 0 atom stereocenters. The van der Waals surface area contributed by atoms with Gasteiger partial charge in [0.2, 0.25) is 0 Å². The van der Waals surface area contributed by atoms with Gasteiger partial charge >= 0.3 is 0 Å². The van der Waals surface area contributed by atoms with Crippen molar-refractivity contribution in [3.05, 3.63) is 63.6 Å². The molecule has 0 saturated heterocycles. The van der Waals surface area contributed by atoms with Crippen LogP contribution < -0.4 is 0 Å². The lowest BCUT2D eigenvalue weighted by Gasteiger charge is -2.09. The first kappa shape index (κ1) is 13.6. The molecule has 0 N–H and O–H groups in total. The summed E-state index contributed by atoms with van der Waals surface area (Å²) in [6, 6.07) is 11.3. The monoisotopic (exact) mass is 367 g/mol. The summed E-state index contributed by atoms with van der Waals surface area (Å²) < 4.78 is 2.72. The smallest absolute Gasteiger partial charge is 0.155 e. The summed E-state index contributed by atoms with van der Waals surface area (Å²) in [6.07, 6.45) is 3.36. The molecule has 3 aromatic rings. The fourth-order valence-corrected chi connectivity index (χ4v) is 2.60. The highest BCUT2D eigenvalue weighted by Gasteiger charge is 2.15. The van der Waals surface area contributed by atoms with Crippen LogP contribution in [0.1, 0.15) is 0 Å². The molecule has 0 spiro atoms. The van der Waals surface area contributed by atoms with Gasteiger partial charge in [-0.2, -0.15) is 0 Å². The van der Waals surface area contributed by atoms with E-state index in [-0.39, 0.29) is 0 Å². The van der Waals surface area contributed by atoms with E-state index in [0.29, 0.717) is 10.2 Å². The Morgan fingerprint density at radius 2 is 1.80 bits per heavy atom. The standard InChI is InChI=1S/C14H8BrCl2N3/c15-9-5-6-12(18-7-9)20-8-19-14(17)13(20)10-3-1-2-4-11(10)16/h1-8H. The van der Waals surface area contributed by atoms with Crippen molar-refractivity contribution < 1.29 is 0 Å². The van der Waals surface area contributed by atoms with E-state index in [9.17, 15) is 0 Å². The van der Waals surface area contributed by atoms with Crippen molar-refractivity contribution in [1.29, 1.82) is 0 Å². The summed E-state index contributed by atoms with van der Waals surface area (Å²) in [5.74, 6) is 0.725. The van der Waals surface area contributed by atoms with Crippen molar-refractivity contribution in [3.63, 3.8) is 0 Å². The maximum atomic E-state index is 6.24. The zero-order valence-electron chi connectivity index (χ0n) is 10.1. The SMILES string of the molecule is Clc1ccccc1-c1c(Cl)ncn1-c1ccc(Br)cn1. The lowest BCUT2D eigenvalue weighted by molar-refractivity contribution is 0.997. The summed E-state index contributed by atoms with van der Waals surface area (Å²) >= 11 is 15.8. The molecule has 0 unspecified atom stereocenters. The van der Waals surface area contributed by atoms with Crippen LogP contribution in [0, 0.1) is 0 Å². The number of hydrogen-bond acceptors (Lipinski definition) is 2. The van der Waals surface area contributed by atoms with E-state index >= 15 is 0 Å². The second kappa shape index (κ2) is 5.56. The normalized spacial score (nSPS) is 10.8. The molecular formula is C14H8BrCl2N3. The highest BCUT2D eigenvalue weighted by atomic mass is 79.9. The average Bonchev–Trinajstić information content (AvgIpc) is 2.82. The van der Waals surface area contributed by atoms with E-state index in [1.165, 1.54) is 0 Å². The molecule has 2 aromatic heterocycles. The zero-order valence-corrected chi connectivity index (χ0v) is 13.2. The molecule has 1 aromatic carbocycles. The van der Waals surface area contributed by atoms with E-state index in [4.69, 9.17) is 23.2 Å². The van der Waals surface area contributed by atoms with E-state index in [1.54, 1.807) is 12.5 Å². The summed E-state index contributed by atoms with van der Waals surface area (Å²) in [5.41, 5.74) is 1.55. The van der Waals surface area contributed by atoms with Crippen molar-refractivity contribution in [2.75, 3.05) is 0 Å². The molecule has 0 fully saturated rings. The third-order valence-corrected chi connectivity index (χ3v) is 3.89. The minimum atomic E-state index is 0.391. The van der Waals surface area contributed by atoms with E-state index in [0.717, 1.165) is 21.5 Å². The minimum absolute atomic E-state index is 0.391. The number of halogens is 3. The number of rotatable bonds is 2. The Kier molecular flexibility index (Phi) is 3.78. The molecular weight excluding hydrogens is 361 g/mol. The molecule has 0 saturated carbocycles. The van der Waals surface area contributed by atoms with Crippen LogP contribution in [0.15, 0.2) is 53.4 Å². The van der Waals surface area contributed by atoms with Crippen molar-refractivity contribution in [1.82, 2.24) is 14.5 Å². The topological polar surface area (TPSA) is 30.7 Å². The number of pyridine rings is 1. The van der Waals surface area contributed by atoms with Crippen LogP contribution in [0.4, 0.5) is 0 Å². The number of imidazole rings is 1. The third kappa shape index (κ3) is 2.46. The Labute approximate surface area is 134 Å². The summed E-state index contributed by atoms with van der Waals surface area (Å²) in [5, 5.41) is 1.01. The molecule has 6 heteroatoms. The number of aromatic nitrogens is 3. The van der Waals surface area contributed by atoms with Crippen LogP contribution in [0.25, 0.3) is 17.1 Å². The van der Waals surface area contributed by atoms with Gasteiger partial charge in [-0.05, 0) is 34.1 Å². The molecule has 0 bridgehead atoms. The maximum Gasteiger partial charge on any atom is 0.155 e. The van der Waals surface area contributed by atoms with Gasteiger partial charge in [0.25, 0.3) is 0 Å². The van der Waals surface area contributed by atoms with Gasteiger partial charge in [-0.15, -0.1) is 0 Å². The maximum absolute atomic E-state index is 6.24. The van der Waals surface area contributed by atoms with Crippen LogP contribution in [0.3, 0.4) is 0 Å². The van der Waals surface area contributed by atoms with Crippen LogP contribution >= 0.6 is 39.1 Å². The highest BCUT2D eigenvalue weighted by Crippen LogP contribution is 2.33. The summed E-state index contributed by atoms with van der Waals surface area (Å²) in [7, 11) is 0. The fourth-order valence-electron chi connectivity index (χ4n) is 1.91. The molecule has 2 heterocycles. The predicted molar refractivity (Wildman–Crippen MR) is 84.5 cm³/mol. The van der Waals surface area contributed by atoms with Gasteiger partial charge in [0.05, 0.1) is 10.7 Å². The zero-order chi connectivity index (χ0) is 14.1. The van der Waals surface area contributed by atoms with Gasteiger partial charge in [-0.1, -0.05) is 41.4 Å². The second-order valence-electron chi connectivity index (χ2n) is 4.07. The quantitative estimate of drug-likeness (QED) is 0.636. The van der Waals surface area contributed by atoms with E-state index in [1.807, 2.05) is 41.0 Å². The van der Waals surface area contributed by atoms with Crippen molar-refractivity contribution in [3.8, 4) is 17.1 Å².